The smallest absolute Gasteiger partial charge is 0.133 e. The molecule has 0 saturated carbocycles. The zero-order valence-corrected chi connectivity index (χ0v) is 11.8. The first kappa shape index (κ1) is 13.2. The molecule has 106 valence electrons. The number of hydrogen-bond donors (Lipinski definition) is 1. The lowest BCUT2D eigenvalue weighted by Gasteiger charge is -2.22. The van der Waals surface area contributed by atoms with Crippen molar-refractivity contribution in [2.24, 2.45) is 5.92 Å². The summed E-state index contributed by atoms with van der Waals surface area (Å²) in [6.45, 7) is 2.66. The van der Waals surface area contributed by atoms with Gasteiger partial charge in [0.1, 0.15) is 11.6 Å². The minimum absolute atomic E-state index is 0.575. The molecule has 0 radical (unpaired) electrons. The largest absolute Gasteiger partial charge is 0.497 e. The van der Waals surface area contributed by atoms with Gasteiger partial charge in [0.2, 0.25) is 0 Å². The lowest BCUT2D eigenvalue weighted by Crippen LogP contribution is -2.24. The number of anilines is 1. The summed E-state index contributed by atoms with van der Waals surface area (Å²) in [6.07, 6.45) is 4.22. The molecule has 0 spiro atoms. The van der Waals surface area contributed by atoms with Crippen LogP contribution in [0.5, 0.6) is 5.75 Å². The van der Waals surface area contributed by atoms with Gasteiger partial charge < -0.3 is 14.8 Å². The van der Waals surface area contributed by atoms with Crippen molar-refractivity contribution in [1.82, 2.24) is 4.98 Å². The third kappa shape index (κ3) is 2.85. The van der Waals surface area contributed by atoms with Gasteiger partial charge in [-0.25, -0.2) is 4.98 Å². The van der Waals surface area contributed by atoms with E-state index in [0.717, 1.165) is 43.1 Å². The summed E-state index contributed by atoms with van der Waals surface area (Å²) in [5, 5.41) is 5.73. The molecule has 1 unspecified atom stereocenters. The number of hydrogen-bond acceptors (Lipinski definition) is 4. The van der Waals surface area contributed by atoms with Gasteiger partial charge in [-0.05, 0) is 42.3 Å². The second-order valence-electron chi connectivity index (χ2n) is 5.21. The summed E-state index contributed by atoms with van der Waals surface area (Å²) in [7, 11) is 1.68. The Hall–Kier alpha value is -1.81. The average Bonchev–Trinajstić information content (AvgIpc) is 2.53. The fraction of sp³-hybridized carbons (Fsp3) is 0.438. The summed E-state index contributed by atoms with van der Waals surface area (Å²) in [6, 6.07) is 8.08. The van der Waals surface area contributed by atoms with E-state index in [-0.39, 0.29) is 0 Å². The predicted octanol–water partition coefficient (Wildman–Crippen LogP) is 3.08. The highest BCUT2D eigenvalue weighted by Gasteiger charge is 2.14. The van der Waals surface area contributed by atoms with Gasteiger partial charge in [0.05, 0.1) is 13.7 Å². The molecule has 2 heterocycles. The van der Waals surface area contributed by atoms with Crippen molar-refractivity contribution in [3.63, 3.8) is 0 Å². The Morgan fingerprint density at radius 2 is 2.35 bits per heavy atom. The van der Waals surface area contributed by atoms with Crippen LogP contribution >= 0.6 is 0 Å². The average molecular weight is 272 g/mol. The van der Waals surface area contributed by atoms with Crippen LogP contribution in [0, 0.1) is 5.92 Å². The number of rotatable bonds is 4. The molecule has 1 saturated heterocycles. The monoisotopic (exact) mass is 272 g/mol. The maximum atomic E-state index is 5.51. The van der Waals surface area contributed by atoms with Crippen molar-refractivity contribution in [3.8, 4) is 5.75 Å². The molecule has 1 atom stereocenters. The highest BCUT2D eigenvalue weighted by atomic mass is 16.5. The Morgan fingerprint density at radius 1 is 1.40 bits per heavy atom. The van der Waals surface area contributed by atoms with Gasteiger partial charge in [0, 0.05) is 24.7 Å². The van der Waals surface area contributed by atoms with Crippen LogP contribution < -0.4 is 10.1 Å². The van der Waals surface area contributed by atoms with Crippen molar-refractivity contribution in [3.05, 3.63) is 30.5 Å². The summed E-state index contributed by atoms with van der Waals surface area (Å²) in [4.78, 5) is 4.46. The number of ether oxygens (including phenoxy) is 2. The van der Waals surface area contributed by atoms with Crippen LogP contribution in [0.1, 0.15) is 12.8 Å². The zero-order chi connectivity index (χ0) is 13.8. The van der Waals surface area contributed by atoms with Gasteiger partial charge in [-0.3, -0.25) is 0 Å². The van der Waals surface area contributed by atoms with E-state index in [1.54, 1.807) is 7.11 Å². The highest BCUT2D eigenvalue weighted by Crippen LogP contribution is 2.26. The second kappa shape index (κ2) is 6.09. The van der Waals surface area contributed by atoms with Crippen LogP contribution in [0.15, 0.2) is 30.5 Å². The Balaban J connectivity index is 1.79. The summed E-state index contributed by atoms with van der Waals surface area (Å²) >= 11 is 0. The molecular formula is C16H20N2O2. The first-order valence-corrected chi connectivity index (χ1v) is 7.11. The standard InChI is InChI=1S/C16H20N2O2/c1-19-14-5-4-13-6-7-17-16(15(13)9-14)18-10-12-3-2-8-20-11-12/h4-7,9,12H,2-3,8,10-11H2,1H3,(H,17,18). The Kier molecular flexibility index (Phi) is 4.02. The van der Waals surface area contributed by atoms with Crippen LogP contribution in [0.25, 0.3) is 10.8 Å². The molecule has 2 aromatic rings. The number of fused-ring (bicyclic) bond motifs is 1. The number of pyridine rings is 1. The van der Waals surface area contributed by atoms with Crippen molar-refractivity contribution in [1.29, 1.82) is 0 Å². The predicted molar refractivity (Wildman–Crippen MR) is 80.3 cm³/mol. The van der Waals surface area contributed by atoms with Crippen molar-refractivity contribution in [2.45, 2.75) is 12.8 Å². The van der Waals surface area contributed by atoms with Gasteiger partial charge in [-0.1, -0.05) is 6.07 Å². The van der Waals surface area contributed by atoms with E-state index in [1.165, 1.54) is 11.8 Å². The van der Waals surface area contributed by atoms with Crippen molar-refractivity contribution in [2.75, 3.05) is 32.2 Å². The first-order chi connectivity index (χ1) is 9.86. The second-order valence-corrected chi connectivity index (χ2v) is 5.21. The van der Waals surface area contributed by atoms with Gasteiger partial charge >= 0.3 is 0 Å². The number of benzene rings is 1. The SMILES string of the molecule is COc1ccc2ccnc(NCC3CCCOC3)c2c1. The van der Waals surface area contributed by atoms with Crippen LogP contribution in [0.3, 0.4) is 0 Å². The Morgan fingerprint density at radius 3 is 3.15 bits per heavy atom. The van der Waals surface area contributed by atoms with Crippen molar-refractivity contribution < 1.29 is 9.47 Å². The first-order valence-electron chi connectivity index (χ1n) is 7.11. The molecule has 1 aromatic carbocycles. The lowest BCUT2D eigenvalue weighted by molar-refractivity contribution is 0.0595. The summed E-state index contributed by atoms with van der Waals surface area (Å²) in [5.41, 5.74) is 0. The molecule has 1 aliphatic rings. The fourth-order valence-corrected chi connectivity index (χ4v) is 2.62. The maximum Gasteiger partial charge on any atom is 0.133 e. The van der Waals surface area contributed by atoms with E-state index >= 15 is 0 Å². The topological polar surface area (TPSA) is 43.4 Å². The van der Waals surface area contributed by atoms with E-state index in [0.29, 0.717) is 5.92 Å². The van der Waals surface area contributed by atoms with Crippen molar-refractivity contribution >= 4 is 16.6 Å². The highest BCUT2D eigenvalue weighted by molar-refractivity contribution is 5.92. The summed E-state index contributed by atoms with van der Waals surface area (Å²) in [5.74, 6) is 2.35. The molecule has 0 aliphatic carbocycles. The fourth-order valence-electron chi connectivity index (χ4n) is 2.62. The Labute approximate surface area is 119 Å². The van der Waals surface area contributed by atoms with Gasteiger partial charge in [-0.2, -0.15) is 0 Å². The summed E-state index contributed by atoms with van der Waals surface area (Å²) < 4.78 is 10.8. The van der Waals surface area contributed by atoms with Crippen LogP contribution in [-0.4, -0.2) is 31.9 Å². The maximum absolute atomic E-state index is 5.51. The lowest BCUT2D eigenvalue weighted by atomic mass is 10.0. The van der Waals surface area contributed by atoms with Crippen LogP contribution in [-0.2, 0) is 4.74 Å². The van der Waals surface area contributed by atoms with Crippen LogP contribution in [0.2, 0.25) is 0 Å². The van der Waals surface area contributed by atoms with Gasteiger partial charge in [0.15, 0.2) is 0 Å². The molecule has 20 heavy (non-hydrogen) atoms. The number of aromatic nitrogens is 1. The molecule has 1 N–H and O–H groups in total. The number of methoxy groups -OCH3 is 1. The number of nitrogens with one attached hydrogen (secondary N) is 1. The minimum Gasteiger partial charge on any atom is -0.497 e. The van der Waals surface area contributed by atoms with E-state index < -0.39 is 0 Å². The molecule has 0 bridgehead atoms. The third-order valence-electron chi connectivity index (χ3n) is 3.79. The molecule has 3 rings (SSSR count). The molecule has 0 amide bonds. The molecule has 4 nitrogen and oxygen atoms in total. The molecular weight excluding hydrogens is 252 g/mol. The van der Waals surface area contributed by atoms with E-state index in [4.69, 9.17) is 9.47 Å². The number of nitrogens with zero attached hydrogens (tertiary/aromatic N) is 1. The third-order valence-corrected chi connectivity index (χ3v) is 3.79. The quantitative estimate of drug-likeness (QED) is 0.929. The molecule has 1 aliphatic heterocycles. The van der Waals surface area contributed by atoms with Crippen LogP contribution in [0.4, 0.5) is 5.82 Å². The van der Waals surface area contributed by atoms with E-state index in [9.17, 15) is 0 Å². The molecule has 1 aromatic heterocycles. The molecule has 4 heteroatoms. The molecule has 1 fully saturated rings. The van der Waals surface area contributed by atoms with E-state index in [2.05, 4.69) is 16.4 Å². The van der Waals surface area contributed by atoms with E-state index in [1.807, 2.05) is 24.4 Å². The zero-order valence-electron chi connectivity index (χ0n) is 11.8. The van der Waals surface area contributed by atoms with Gasteiger partial charge in [-0.15, -0.1) is 0 Å². The normalized spacial score (nSPS) is 18.9. The minimum atomic E-state index is 0.575. The Bertz CT molecular complexity index is 580. The van der Waals surface area contributed by atoms with Gasteiger partial charge in [0.25, 0.3) is 0 Å².